The molecular weight excluding hydrogens is 216 g/mol. The summed E-state index contributed by atoms with van der Waals surface area (Å²) in [5.74, 6) is 0.767. The number of rotatable bonds is 5. The lowest BCUT2D eigenvalue weighted by Crippen LogP contribution is -2.38. The molecule has 1 rings (SSSR count). The van der Waals surface area contributed by atoms with Gasteiger partial charge >= 0.3 is 0 Å². The fourth-order valence-corrected chi connectivity index (χ4v) is 1.76. The number of aliphatic hydroxyl groups is 1. The van der Waals surface area contributed by atoms with Gasteiger partial charge in [0.15, 0.2) is 0 Å². The van der Waals surface area contributed by atoms with Crippen LogP contribution in [0.1, 0.15) is 20.8 Å². The third-order valence-electron chi connectivity index (χ3n) is 2.54. The van der Waals surface area contributed by atoms with Crippen molar-refractivity contribution >= 4 is 11.4 Å². The van der Waals surface area contributed by atoms with E-state index in [-0.39, 0.29) is 0 Å². The largest absolute Gasteiger partial charge is 0.497 e. The molecule has 0 spiro atoms. The predicted molar refractivity (Wildman–Crippen MR) is 71.6 cm³/mol. The van der Waals surface area contributed by atoms with E-state index in [2.05, 4.69) is 0 Å². The van der Waals surface area contributed by atoms with E-state index < -0.39 is 5.60 Å². The second-order valence-electron chi connectivity index (χ2n) is 4.75. The molecule has 3 N–H and O–H groups in total. The first kappa shape index (κ1) is 13.6. The lowest BCUT2D eigenvalue weighted by Gasteiger charge is -2.31. The smallest absolute Gasteiger partial charge is 0.121 e. The summed E-state index contributed by atoms with van der Waals surface area (Å²) in [5.41, 5.74) is 6.79. The molecule has 0 fully saturated rings. The van der Waals surface area contributed by atoms with Crippen molar-refractivity contribution in [3.8, 4) is 5.75 Å². The zero-order valence-electron chi connectivity index (χ0n) is 11.0. The van der Waals surface area contributed by atoms with Crippen LogP contribution in [0.5, 0.6) is 5.75 Å². The second-order valence-corrected chi connectivity index (χ2v) is 4.75. The first-order valence-electron chi connectivity index (χ1n) is 5.78. The normalized spacial score (nSPS) is 11.4. The van der Waals surface area contributed by atoms with Crippen molar-refractivity contribution in [2.24, 2.45) is 0 Å². The van der Waals surface area contributed by atoms with Gasteiger partial charge < -0.3 is 20.5 Å². The molecule has 0 unspecified atom stereocenters. The lowest BCUT2D eigenvalue weighted by molar-refractivity contribution is 0.0876. The van der Waals surface area contributed by atoms with Crippen molar-refractivity contribution < 1.29 is 9.84 Å². The quantitative estimate of drug-likeness (QED) is 0.769. The lowest BCUT2D eigenvalue weighted by atomic mass is 10.1. The number of ether oxygens (including phenoxy) is 1. The van der Waals surface area contributed by atoms with Gasteiger partial charge in [0.25, 0.3) is 0 Å². The Labute approximate surface area is 103 Å². The van der Waals surface area contributed by atoms with Crippen molar-refractivity contribution in [2.45, 2.75) is 26.4 Å². The van der Waals surface area contributed by atoms with Gasteiger partial charge in [0, 0.05) is 19.2 Å². The molecule has 17 heavy (non-hydrogen) atoms. The van der Waals surface area contributed by atoms with Crippen LogP contribution >= 0.6 is 0 Å². The molecule has 0 aromatic heterocycles. The van der Waals surface area contributed by atoms with Crippen LogP contribution in [0.25, 0.3) is 0 Å². The third-order valence-corrected chi connectivity index (χ3v) is 2.54. The number of nitrogens with zero attached hydrogens (tertiary/aromatic N) is 1. The van der Waals surface area contributed by atoms with E-state index in [0.717, 1.165) is 18.0 Å². The monoisotopic (exact) mass is 238 g/mol. The van der Waals surface area contributed by atoms with E-state index in [1.165, 1.54) is 0 Å². The fraction of sp³-hybridized carbons (Fsp3) is 0.538. The summed E-state index contributed by atoms with van der Waals surface area (Å²) in [6.07, 6.45) is 0. The van der Waals surface area contributed by atoms with Crippen LogP contribution in [0.4, 0.5) is 11.4 Å². The molecule has 0 saturated heterocycles. The van der Waals surface area contributed by atoms with Crippen molar-refractivity contribution in [3.63, 3.8) is 0 Å². The zero-order chi connectivity index (χ0) is 13.1. The minimum Gasteiger partial charge on any atom is -0.497 e. The molecule has 0 aliphatic rings. The first-order chi connectivity index (χ1) is 7.87. The first-order valence-corrected chi connectivity index (χ1v) is 5.78. The van der Waals surface area contributed by atoms with Crippen LogP contribution in [0.2, 0.25) is 0 Å². The van der Waals surface area contributed by atoms with Crippen LogP contribution in [0.3, 0.4) is 0 Å². The summed E-state index contributed by atoms with van der Waals surface area (Å²) < 4.78 is 5.19. The zero-order valence-corrected chi connectivity index (χ0v) is 11.0. The van der Waals surface area contributed by atoms with Gasteiger partial charge in [-0.05, 0) is 32.9 Å². The highest BCUT2D eigenvalue weighted by atomic mass is 16.5. The number of methoxy groups -OCH3 is 1. The number of benzene rings is 1. The number of anilines is 2. The highest BCUT2D eigenvalue weighted by Crippen LogP contribution is 2.29. The van der Waals surface area contributed by atoms with Crippen molar-refractivity contribution in [1.82, 2.24) is 0 Å². The summed E-state index contributed by atoms with van der Waals surface area (Å²) >= 11 is 0. The Morgan fingerprint density at radius 3 is 2.53 bits per heavy atom. The summed E-state index contributed by atoms with van der Waals surface area (Å²) in [6.45, 7) is 6.91. The summed E-state index contributed by atoms with van der Waals surface area (Å²) in [5, 5.41) is 9.88. The van der Waals surface area contributed by atoms with Crippen LogP contribution < -0.4 is 15.4 Å². The standard InChI is InChI=1S/C13H22N2O2/c1-5-15(9-13(2,3)16)12-8-10(17-4)6-7-11(12)14/h6-8,16H,5,9,14H2,1-4H3. The van der Waals surface area contributed by atoms with Crippen LogP contribution in [0.15, 0.2) is 18.2 Å². The number of hydrogen-bond acceptors (Lipinski definition) is 4. The van der Waals surface area contributed by atoms with Crippen molar-refractivity contribution in [3.05, 3.63) is 18.2 Å². The average Bonchev–Trinajstić information content (AvgIpc) is 2.25. The highest BCUT2D eigenvalue weighted by Gasteiger charge is 2.19. The molecule has 4 heteroatoms. The maximum atomic E-state index is 9.88. The molecule has 0 bridgehead atoms. The summed E-state index contributed by atoms with van der Waals surface area (Å²) in [6, 6.07) is 5.54. The van der Waals surface area contributed by atoms with Crippen molar-refractivity contribution in [1.29, 1.82) is 0 Å². The third kappa shape index (κ3) is 3.82. The van der Waals surface area contributed by atoms with Gasteiger partial charge in [-0.2, -0.15) is 0 Å². The topological polar surface area (TPSA) is 58.7 Å². The van der Waals surface area contributed by atoms with Gasteiger partial charge in [-0.25, -0.2) is 0 Å². The summed E-state index contributed by atoms with van der Waals surface area (Å²) in [4.78, 5) is 2.04. The van der Waals surface area contributed by atoms with E-state index in [0.29, 0.717) is 12.2 Å². The van der Waals surface area contributed by atoms with Gasteiger partial charge in [0.2, 0.25) is 0 Å². The average molecular weight is 238 g/mol. The van der Waals surface area contributed by atoms with Gasteiger partial charge in [-0.15, -0.1) is 0 Å². The van der Waals surface area contributed by atoms with E-state index in [1.54, 1.807) is 21.0 Å². The Bertz CT molecular complexity index is 372. The molecule has 4 nitrogen and oxygen atoms in total. The Morgan fingerprint density at radius 1 is 1.41 bits per heavy atom. The van der Waals surface area contributed by atoms with Gasteiger partial charge in [0.05, 0.1) is 24.1 Å². The molecule has 0 heterocycles. The number of hydrogen-bond donors (Lipinski definition) is 2. The van der Waals surface area contributed by atoms with Crippen LogP contribution in [-0.4, -0.2) is 30.9 Å². The van der Waals surface area contributed by atoms with Crippen LogP contribution in [-0.2, 0) is 0 Å². The molecule has 0 aliphatic carbocycles. The fourth-order valence-electron chi connectivity index (χ4n) is 1.76. The number of likely N-dealkylation sites (N-methyl/N-ethyl adjacent to an activating group) is 1. The second kappa shape index (κ2) is 5.27. The molecule has 0 atom stereocenters. The minimum absolute atomic E-state index is 0.529. The molecule has 1 aromatic carbocycles. The SMILES string of the molecule is CCN(CC(C)(C)O)c1cc(OC)ccc1N. The maximum absolute atomic E-state index is 9.88. The molecule has 0 aliphatic heterocycles. The summed E-state index contributed by atoms with van der Waals surface area (Å²) in [7, 11) is 1.63. The molecule has 1 aromatic rings. The van der Waals surface area contributed by atoms with E-state index in [9.17, 15) is 5.11 Å². The predicted octanol–water partition coefficient (Wildman–Crippen LogP) is 1.87. The molecule has 0 saturated carbocycles. The van der Waals surface area contributed by atoms with Crippen molar-refractivity contribution in [2.75, 3.05) is 30.8 Å². The van der Waals surface area contributed by atoms with E-state index in [4.69, 9.17) is 10.5 Å². The maximum Gasteiger partial charge on any atom is 0.121 e. The Morgan fingerprint density at radius 2 is 2.06 bits per heavy atom. The van der Waals surface area contributed by atoms with Gasteiger partial charge in [-0.1, -0.05) is 0 Å². The highest BCUT2D eigenvalue weighted by molar-refractivity contribution is 5.69. The molecule has 0 amide bonds. The minimum atomic E-state index is -0.758. The molecular formula is C13H22N2O2. The van der Waals surface area contributed by atoms with Gasteiger partial charge in [0.1, 0.15) is 5.75 Å². The van der Waals surface area contributed by atoms with E-state index in [1.807, 2.05) is 30.0 Å². The molecule has 96 valence electrons. The number of nitrogens with two attached hydrogens (primary N) is 1. The van der Waals surface area contributed by atoms with E-state index >= 15 is 0 Å². The number of nitrogen functional groups attached to an aromatic ring is 1. The molecule has 0 radical (unpaired) electrons. The Hall–Kier alpha value is -1.42. The Kier molecular flexibility index (Phi) is 4.23. The Balaban J connectivity index is 3.02. The van der Waals surface area contributed by atoms with Gasteiger partial charge in [-0.3, -0.25) is 0 Å². The van der Waals surface area contributed by atoms with Crippen LogP contribution in [0, 0.1) is 0 Å².